The van der Waals surface area contributed by atoms with Crippen molar-refractivity contribution in [1.29, 1.82) is 0 Å². The second-order valence-corrected chi connectivity index (χ2v) is 3.99. The van der Waals surface area contributed by atoms with E-state index in [1.807, 2.05) is 0 Å². The zero-order valence-corrected chi connectivity index (χ0v) is 10.7. The van der Waals surface area contributed by atoms with Gasteiger partial charge in [0.05, 0.1) is 6.61 Å². The minimum absolute atomic E-state index is 0.793. The molecule has 0 rings (SSSR count). The van der Waals surface area contributed by atoms with Crippen LogP contribution in [0, 0.1) is 0 Å². The molecule has 0 spiro atoms. The Labute approximate surface area is 109 Å². The summed E-state index contributed by atoms with van der Waals surface area (Å²) in [6.45, 7) is 1.53. The molecule has 0 bridgehead atoms. The maximum atomic E-state index is 11.6. The molecule has 0 aromatic rings. The van der Waals surface area contributed by atoms with E-state index in [-0.39, 0.29) is 0 Å². The molecule has 108 valence electrons. The van der Waals surface area contributed by atoms with Gasteiger partial charge in [0.2, 0.25) is 11.4 Å². The Bertz CT molecular complexity index is 401. The molecular weight excluding hydrogens is 260 g/mol. The summed E-state index contributed by atoms with van der Waals surface area (Å²) >= 11 is 0. The first-order valence-electron chi connectivity index (χ1n) is 5.33. The Morgan fingerprint density at radius 1 is 1.16 bits per heavy atom. The number of carbonyl (C=O) groups is 4. The highest BCUT2D eigenvalue weighted by atomic mass is 16.6. The first kappa shape index (κ1) is 17.4. The quantitative estimate of drug-likeness (QED) is 0.269. The largest absolute Gasteiger partial charge is 0.456 e. The fraction of sp³-hybridized carbons (Fsp3) is 0.636. The van der Waals surface area contributed by atoms with E-state index in [1.165, 1.54) is 0 Å². The van der Waals surface area contributed by atoms with Crippen LogP contribution in [0.3, 0.4) is 0 Å². The van der Waals surface area contributed by atoms with Gasteiger partial charge in [0.25, 0.3) is 0 Å². The van der Waals surface area contributed by atoms with Crippen LogP contribution in [0.5, 0.6) is 0 Å². The average molecular weight is 276 g/mol. The highest BCUT2D eigenvalue weighted by Gasteiger charge is 2.54. The summed E-state index contributed by atoms with van der Waals surface area (Å²) in [5.41, 5.74) is -3.03. The van der Waals surface area contributed by atoms with Crippen LogP contribution in [-0.4, -0.2) is 63.1 Å². The molecule has 19 heavy (non-hydrogen) atoms. The lowest BCUT2D eigenvalue weighted by molar-refractivity contribution is -0.189. The summed E-state index contributed by atoms with van der Waals surface area (Å²) in [6, 6.07) is 0. The molecule has 0 unspecified atom stereocenters. The van der Waals surface area contributed by atoms with Gasteiger partial charge in [-0.15, -0.1) is 0 Å². The van der Waals surface area contributed by atoms with Crippen molar-refractivity contribution in [3.8, 4) is 0 Å². The number of aliphatic hydroxyl groups excluding tert-OH is 2. The Hall–Kier alpha value is -1.64. The van der Waals surface area contributed by atoms with Crippen molar-refractivity contribution in [2.24, 2.45) is 0 Å². The molecule has 8 nitrogen and oxygen atoms in total. The van der Waals surface area contributed by atoms with Gasteiger partial charge in [-0.3, -0.25) is 19.2 Å². The summed E-state index contributed by atoms with van der Waals surface area (Å²) in [6.07, 6.45) is -3.97. The zero-order chi connectivity index (χ0) is 15.4. The van der Waals surface area contributed by atoms with E-state index in [2.05, 4.69) is 4.74 Å². The molecule has 8 heteroatoms. The van der Waals surface area contributed by atoms with Crippen LogP contribution in [0.15, 0.2) is 0 Å². The Morgan fingerprint density at radius 2 is 1.63 bits per heavy atom. The molecule has 0 radical (unpaired) electrons. The van der Waals surface area contributed by atoms with Crippen molar-refractivity contribution < 1.29 is 39.2 Å². The van der Waals surface area contributed by atoms with Crippen molar-refractivity contribution in [1.82, 2.24) is 0 Å². The van der Waals surface area contributed by atoms with Crippen molar-refractivity contribution in [2.75, 3.05) is 6.61 Å². The van der Waals surface area contributed by atoms with Crippen LogP contribution in [-0.2, 0) is 23.9 Å². The third-order valence-corrected chi connectivity index (χ3v) is 2.44. The number of ether oxygens (including phenoxy) is 1. The molecule has 0 saturated heterocycles. The van der Waals surface area contributed by atoms with E-state index in [0.717, 1.165) is 20.8 Å². The lowest BCUT2D eigenvalue weighted by Crippen LogP contribution is -2.62. The van der Waals surface area contributed by atoms with Gasteiger partial charge >= 0.3 is 5.97 Å². The molecule has 3 atom stereocenters. The highest BCUT2D eigenvalue weighted by Crippen LogP contribution is 2.21. The number of carbonyl (C=O) groups excluding carboxylic acids is 4. The van der Waals surface area contributed by atoms with Gasteiger partial charge in [-0.1, -0.05) is 0 Å². The van der Waals surface area contributed by atoms with Crippen LogP contribution in [0.25, 0.3) is 0 Å². The van der Waals surface area contributed by atoms with E-state index in [0.29, 0.717) is 0 Å². The molecule has 0 aliphatic rings. The third-order valence-electron chi connectivity index (χ3n) is 2.44. The zero-order valence-electron chi connectivity index (χ0n) is 10.7. The molecular formula is C11H16O8. The van der Waals surface area contributed by atoms with Crippen molar-refractivity contribution >= 4 is 23.3 Å². The molecule has 0 aromatic heterocycles. The van der Waals surface area contributed by atoms with Crippen molar-refractivity contribution in [3.05, 3.63) is 0 Å². The molecule has 0 aliphatic heterocycles. The third kappa shape index (κ3) is 3.66. The molecule has 0 fully saturated rings. The predicted octanol–water partition coefficient (Wildman–Crippen LogP) is -2.25. The fourth-order valence-electron chi connectivity index (χ4n) is 1.47. The second kappa shape index (κ2) is 6.50. The summed E-state index contributed by atoms with van der Waals surface area (Å²) in [4.78, 5) is 45.0. The highest BCUT2D eigenvalue weighted by molar-refractivity contribution is 6.44. The maximum absolute atomic E-state index is 11.6. The van der Waals surface area contributed by atoms with E-state index < -0.39 is 47.7 Å². The van der Waals surface area contributed by atoms with Crippen LogP contribution in [0.2, 0.25) is 0 Å². The van der Waals surface area contributed by atoms with Crippen molar-refractivity contribution in [3.63, 3.8) is 0 Å². The topological polar surface area (TPSA) is 138 Å². The van der Waals surface area contributed by atoms with E-state index >= 15 is 0 Å². The molecule has 0 saturated carbocycles. The van der Waals surface area contributed by atoms with E-state index in [1.54, 1.807) is 0 Å². The standard InChI is InChI=1S/C11H16O8/c1-5(13)9(17)11(18,6(2)14)10(8(16)4-12)19-7(3)15/h8,10,12,16,18H,4H2,1-3H3/t8-,10-,11+/m1/s1. The first-order chi connectivity index (χ1) is 8.58. The van der Waals surface area contributed by atoms with Gasteiger partial charge in [-0.05, 0) is 6.92 Å². The molecule has 3 N–H and O–H groups in total. The molecule has 0 heterocycles. The fourth-order valence-corrected chi connectivity index (χ4v) is 1.47. The van der Waals surface area contributed by atoms with Gasteiger partial charge in [-0.2, -0.15) is 0 Å². The second-order valence-electron chi connectivity index (χ2n) is 3.99. The number of rotatable bonds is 7. The lowest BCUT2D eigenvalue weighted by Gasteiger charge is -2.33. The van der Waals surface area contributed by atoms with Crippen LogP contribution < -0.4 is 0 Å². The van der Waals surface area contributed by atoms with E-state index in [9.17, 15) is 29.4 Å². The normalized spacial score (nSPS) is 16.9. The number of esters is 1. The Balaban J connectivity index is 5.76. The summed E-state index contributed by atoms with van der Waals surface area (Å²) in [5.74, 6) is -4.88. The number of aliphatic hydroxyl groups is 3. The molecule has 0 aromatic carbocycles. The molecule has 0 aliphatic carbocycles. The van der Waals surface area contributed by atoms with Gasteiger partial charge in [0.1, 0.15) is 6.10 Å². The van der Waals surface area contributed by atoms with Gasteiger partial charge < -0.3 is 20.1 Å². The summed E-state index contributed by atoms with van der Waals surface area (Å²) in [5, 5.41) is 28.4. The van der Waals surface area contributed by atoms with Crippen LogP contribution >= 0.6 is 0 Å². The Morgan fingerprint density at radius 3 is 1.89 bits per heavy atom. The number of ketones is 3. The predicted molar refractivity (Wildman–Crippen MR) is 60.0 cm³/mol. The summed E-state index contributed by atoms with van der Waals surface area (Å²) < 4.78 is 4.51. The van der Waals surface area contributed by atoms with E-state index in [4.69, 9.17) is 5.11 Å². The first-order valence-corrected chi connectivity index (χ1v) is 5.33. The lowest BCUT2D eigenvalue weighted by atomic mass is 9.83. The number of hydrogen-bond acceptors (Lipinski definition) is 8. The maximum Gasteiger partial charge on any atom is 0.303 e. The number of Topliss-reactive ketones (excluding diaryl/α,β-unsaturated/α-hetero) is 3. The smallest absolute Gasteiger partial charge is 0.303 e. The van der Waals surface area contributed by atoms with Gasteiger partial charge in [0.15, 0.2) is 17.7 Å². The van der Waals surface area contributed by atoms with Gasteiger partial charge in [-0.25, -0.2) is 0 Å². The van der Waals surface area contributed by atoms with Crippen LogP contribution in [0.1, 0.15) is 20.8 Å². The monoisotopic (exact) mass is 276 g/mol. The Kier molecular flexibility index (Phi) is 5.94. The minimum Gasteiger partial charge on any atom is -0.456 e. The van der Waals surface area contributed by atoms with Gasteiger partial charge in [0, 0.05) is 13.8 Å². The SMILES string of the molecule is CC(=O)O[C@H]([C@H](O)CO)[C@](O)(C(C)=O)C(=O)C(C)=O. The number of hydrogen-bond donors (Lipinski definition) is 3. The molecule has 0 amide bonds. The summed E-state index contributed by atoms with van der Waals surface area (Å²) in [7, 11) is 0. The van der Waals surface area contributed by atoms with Crippen molar-refractivity contribution in [2.45, 2.75) is 38.6 Å². The minimum atomic E-state index is -3.03. The van der Waals surface area contributed by atoms with Crippen LogP contribution in [0.4, 0.5) is 0 Å². The average Bonchev–Trinajstić information content (AvgIpc) is 2.32.